The molecule has 2 heterocycles. The maximum absolute atomic E-state index is 3.64. The van der Waals surface area contributed by atoms with Crippen LogP contribution in [0.25, 0.3) is 0 Å². The quantitative estimate of drug-likeness (QED) is 0.761. The summed E-state index contributed by atoms with van der Waals surface area (Å²) in [5.41, 5.74) is 6.14. The monoisotopic (exact) mass is 312 g/mol. The number of benzene rings is 1. The van der Waals surface area contributed by atoms with Crippen molar-refractivity contribution in [2.24, 2.45) is 0 Å². The van der Waals surface area contributed by atoms with Gasteiger partial charge in [-0.2, -0.15) is 0 Å². The second-order valence-corrected chi connectivity index (χ2v) is 6.78. The Morgan fingerprint density at radius 1 is 1.13 bits per heavy atom. The number of allylic oxidation sites excluding steroid dienone is 3. The van der Waals surface area contributed by atoms with Gasteiger partial charge in [0.25, 0.3) is 0 Å². The normalized spacial score (nSPS) is 21.2. The Balaban J connectivity index is 0.000000670. The van der Waals surface area contributed by atoms with Gasteiger partial charge in [-0.3, -0.25) is 0 Å². The number of hydrogen-bond acceptors (Lipinski definition) is 2. The van der Waals surface area contributed by atoms with Crippen LogP contribution in [0.3, 0.4) is 0 Å². The van der Waals surface area contributed by atoms with Crippen molar-refractivity contribution < 1.29 is 1.43 Å². The molecule has 23 heavy (non-hydrogen) atoms. The maximum atomic E-state index is 3.64. The molecule has 1 aliphatic carbocycles. The van der Waals surface area contributed by atoms with Crippen molar-refractivity contribution in [2.75, 3.05) is 25.0 Å². The van der Waals surface area contributed by atoms with E-state index in [9.17, 15) is 0 Å². The SMILES string of the molecule is CC.Cc1ccc2c(c1)C1(CCN(C3=CCCC=C3)CC1)CN2.[HH]. The number of fused-ring (bicyclic) bond motifs is 2. The minimum Gasteiger partial charge on any atom is -0.384 e. The highest BCUT2D eigenvalue weighted by molar-refractivity contribution is 5.61. The molecule has 126 valence electrons. The van der Waals surface area contributed by atoms with Crippen LogP contribution in [-0.2, 0) is 5.41 Å². The van der Waals surface area contributed by atoms with E-state index in [1.54, 1.807) is 5.56 Å². The molecule has 0 aromatic heterocycles. The summed E-state index contributed by atoms with van der Waals surface area (Å²) in [7, 11) is 0. The van der Waals surface area contributed by atoms with Gasteiger partial charge in [0.2, 0.25) is 0 Å². The van der Waals surface area contributed by atoms with Crippen LogP contribution in [0.15, 0.2) is 42.1 Å². The third-order valence-corrected chi connectivity index (χ3v) is 5.42. The molecule has 1 saturated heterocycles. The lowest BCUT2D eigenvalue weighted by Crippen LogP contribution is -2.43. The zero-order valence-electron chi connectivity index (χ0n) is 14.9. The van der Waals surface area contributed by atoms with E-state index in [1.807, 2.05) is 13.8 Å². The van der Waals surface area contributed by atoms with Crippen molar-refractivity contribution in [2.45, 2.75) is 51.9 Å². The molecule has 1 aromatic rings. The lowest BCUT2D eigenvalue weighted by Gasteiger charge is -2.41. The molecule has 0 unspecified atom stereocenters. The van der Waals surface area contributed by atoms with Crippen LogP contribution < -0.4 is 5.32 Å². The summed E-state index contributed by atoms with van der Waals surface area (Å²) >= 11 is 0. The predicted molar refractivity (Wildman–Crippen MR) is 102 cm³/mol. The first-order valence-corrected chi connectivity index (χ1v) is 9.24. The Morgan fingerprint density at radius 3 is 2.61 bits per heavy atom. The fraction of sp³-hybridized carbons (Fsp3) is 0.524. The molecule has 1 N–H and O–H groups in total. The molecular weight excluding hydrogens is 280 g/mol. The molecule has 0 amide bonds. The smallest absolute Gasteiger partial charge is 0.0379 e. The van der Waals surface area contributed by atoms with Gasteiger partial charge >= 0.3 is 0 Å². The van der Waals surface area contributed by atoms with Gasteiger partial charge in [-0.25, -0.2) is 0 Å². The topological polar surface area (TPSA) is 15.3 Å². The maximum Gasteiger partial charge on any atom is 0.0379 e. The molecule has 2 nitrogen and oxygen atoms in total. The van der Waals surface area contributed by atoms with Gasteiger partial charge in [0.15, 0.2) is 0 Å². The van der Waals surface area contributed by atoms with Crippen molar-refractivity contribution in [1.82, 2.24) is 4.90 Å². The fourth-order valence-electron chi connectivity index (χ4n) is 4.08. The Hall–Kier alpha value is -1.70. The third-order valence-electron chi connectivity index (χ3n) is 5.42. The molecule has 1 fully saturated rings. The molecule has 0 atom stereocenters. The van der Waals surface area contributed by atoms with E-state index in [1.165, 1.54) is 55.7 Å². The molecule has 2 aliphatic heterocycles. The third kappa shape index (κ3) is 3.04. The van der Waals surface area contributed by atoms with Crippen LogP contribution in [0, 0.1) is 6.92 Å². The van der Waals surface area contributed by atoms with Crippen LogP contribution in [0.5, 0.6) is 0 Å². The Labute approximate surface area is 142 Å². The van der Waals surface area contributed by atoms with Crippen molar-refractivity contribution in [3.05, 3.63) is 53.3 Å². The van der Waals surface area contributed by atoms with E-state index in [2.05, 4.69) is 53.6 Å². The first-order valence-electron chi connectivity index (χ1n) is 9.24. The zero-order chi connectivity index (χ0) is 16.3. The first-order chi connectivity index (χ1) is 11.3. The summed E-state index contributed by atoms with van der Waals surface area (Å²) < 4.78 is 0. The summed E-state index contributed by atoms with van der Waals surface area (Å²) in [5.74, 6) is 0. The van der Waals surface area contributed by atoms with Crippen LogP contribution in [0.2, 0.25) is 0 Å². The number of likely N-dealkylation sites (tertiary alicyclic amines) is 1. The van der Waals surface area contributed by atoms with Gasteiger partial charge < -0.3 is 10.2 Å². The molecular formula is C21H32N2. The van der Waals surface area contributed by atoms with Crippen LogP contribution in [-0.4, -0.2) is 24.5 Å². The molecule has 0 radical (unpaired) electrons. The number of nitrogens with zero attached hydrogens (tertiary/aromatic N) is 1. The first kappa shape index (κ1) is 16.2. The molecule has 4 rings (SSSR count). The summed E-state index contributed by atoms with van der Waals surface area (Å²) in [5, 5.41) is 3.64. The predicted octanol–water partition coefficient (Wildman–Crippen LogP) is 5.26. The average molecular weight is 313 g/mol. The van der Waals surface area contributed by atoms with Crippen molar-refractivity contribution >= 4 is 5.69 Å². The van der Waals surface area contributed by atoms with Gasteiger partial charge in [0.1, 0.15) is 0 Å². The van der Waals surface area contributed by atoms with E-state index in [4.69, 9.17) is 0 Å². The highest BCUT2D eigenvalue weighted by Gasteiger charge is 2.41. The number of anilines is 1. The zero-order valence-corrected chi connectivity index (χ0v) is 14.9. The van der Waals surface area contributed by atoms with Gasteiger partial charge in [-0.15, -0.1) is 0 Å². The van der Waals surface area contributed by atoms with Crippen LogP contribution in [0.4, 0.5) is 5.69 Å². The minimum atomic E-state index is 0. The summed E-state index contributed by atoms with van der Waals surface area (Å²) in [6.45, 7) is 9.70. The van der Waals surface area contributed by atoms with Crippen molar-refractivity contribution in [3.8, 4) is 0 Å². The molecule has 2 heteroatoms. The van der Waals surface area contributed by atoms with E-state index in [-0.39, 0.29) is 1.43 Å². The Kier molecular flexibility index (Phi) is 4.79. The molecule has 0 saturated carbocycles. The van der Waals surface area contributed by atoms with Gasteiger partial charge in [0, 0.05) is 37.9 Å². The van der Waals surface area contributed by atoms with Gasteiger partial charge in [-0.05, 0) is 50.3 Å². The van der Waals surface area contributed by atoms with Crippen LogP contribution >= 0.6 is 0 Å². The van der Waals surface area contributed by atoms with Gasteiger partial charge in [-0.1, -0.05) is 43.7 Å². The largest absolute Gasteiger partial charge is 0.384 e. The average Bonchev–Trinajstić information content (AvgIpc) is 2.96. The van der Waals surface area contributed by atoms with E-state index < -0.39 is 0 Å². The highest BCUT2D eigenvalue weighted by Crippen LogP contribution is 2.44. The number of aryl methyl sites for hydroxylation is 1. The molecule has 1 aromatic carbocycles. The lowest BCUT2D eigenvalue weighted by atomic mass is 9.74. The van der Waals surface area contributed by atoms with Crippen molar-refractivity contribution in [3.63, 3.8) is 0 Å². The summed E-state index contributed by atoms with van der Waals surface area (Å²) in [6, 6.07) is 6.89. The molecule has 1 spiro atoms. The Morgan fingerprint density at radius 2 is 1.91 bits per heavy atom. The molecule has 0 bridgehead atoms. The lowest BCUT2D eigenvalue weighted by molar-refractivity contribution is 0.210. The number of piperidine rings is 1. The van der Waals surface area contributed by atoms with E-state index >= 15 is 0 Å². The number of rotatable bonds is 1. The summed E-state index contributed by atoms with van der Waals surface area (Å²) in [6.07, 6.45) is 12.0. The number of nitrogens with one attached hydrogen (secondary N) is 1. The van der Waals surface area contributed by atoms with E-state index in [0.29, 0.717) is 5.41 Å². The standard InChI is InChI=1S/C19H24N2.C2H6.H2/c1-15-7-8-18-17(13-15)19(14-20-18)9-11-21(12-10-19)16-5-3-2-4-6-16;1-2;/h3,5-8,13,20H,2,4,9-12,14H2,1H3;1-2H3;1H. The summed E-state index contributed by atoms with van der Waals surface area (Å²) in [4.78, 5) is 2.58. The van der Waals surface area contributed by atoms with E-state index in [0.717, 1.165) is 6.54 Å². The van der Waals surface area contributed by atoms with Crippen molar-refractivity contribution in [1.29, 1.82) is 0 Å². The molecule has 3 aliphatic rings. The minimum absolute atomic E-state index is 0. The second kappa shape index (κ2) is 6.82. The fourth-order valence-corrected chi connectivity index (χ4v) is 4.08. The van der Waals surface area contributed by atoms with Gasteiger partial charge in [0.05, 0.1) is 0 Å². The highest BCUT2D eigenvalue weighted by atomic mass is 15.1. The van der Waals surface area contributed by atoms with Crippen LogP contribution in [0.1, 0.15) is 52.1 Å². The number of hydrogen-bond donors (Lipinski definition) is 1. The Bertz CT molecular complexity index is 610. The second-order valence-electron chi connectivity index (χ2n) is 6.78.